The lowest BCUT2D eigenvalue weighted by molar-refractivity contribution is -0.141. The molecule has 0 aliphatic heterocycles. The first-order chi connectivity index (χ1) is 21.7. The maximum atomic E-state index is 13.9. The van der Waals surface area contributed by atoms with Crippen LogP contribution >= 0.6 is 0 Å². The van der Waals surface area contributed by atoms with Gasteiger partial charge in [-0.25, -0.2) is 9.37 Å². The lowest BCUT2D eigenvalue weighted by atomic mass is 9.83. The molecule has 0 spiro atoms. The summed E-state index contributed by atoms with van der Waals surface area (Å²) in [7, 11) is 1.33. The molecule has 2 unspecified atom stereocenters. The van der Waals surface area contributed by atoms with E-state index in [1.54, 1.807) is 0 Å². The fraction of sp³-hybridized carbons (Fsp3) is 0.364. The molecule has 6 nitrogen and oxygen atoms in total. The maximum absolute atomic E-state index is 13.9. The van der Waals surface area contributed by atoms with Gasteiger partial charge in [-0.1, -0.05) is 17.7 Å². The number of rotatable bonds is 7. The van der Waals surface area contributed by atoms with E-state index >= 15 is 0 Å². The van der Waals surface area contributed by atoms with Gasteiger partial charge >= 0.3 is 12.4 Å². The number of fused-ring (bicyclic) bond motifs is 2. The van der Waals surface area contributed by atoms with Crippen molar-refractivity contribution in [2.45, 2.75) is 44.1 Å². The predicted molar refractivity (Wildman–Crippen MR) is 153 cm³/mol. The number of hydrogen-bond donors (Lipinski definition) is 2. The number of nitrogens with zero attached hydrogens (tertiary/aromatic N) is 1. The highest BCUT2D eigenvalue weighted by Crippen LogP contribution is 2.54. The number of ether oxygens (including phenoxy) is 1. The van der Waals surface area contributed by atoms with E-state index in [-0.39, 0.29) is 40.1 Å². The quantitative estimate of drug-likeness (QED) is 0.204. The third-order valence-corrected chi connectivity index (χ3v) is 8.87. The second kappa shape index (κ2) is 11.7. The third-order valence-electron chi connectivity index (χ3n) is 8.87. The first kappa shape index (κ1) is 31.6. The van der Waals surface area contributed by atoms with Crippen molar-refractivity contribution in [2.75, 3.05) is 12.4 Å². The lowest BCUT2D eigenvalue weighted by Gasteiger charge is -2.30. The molecule has 0 radical (unpaired) electrons. The van der Waals surface area contributed by atoms with Crippen molar-refractivity contribution >= 4 is 17.5 Å². The molecule has 2 bridgehead atoms. The average molecular weight is 648 g/mol. The van der Waals surface area contributed by atoms with Gasteiger partial charge in [0.2, 0.25) is 5.91 Å². The number of halogens is 7. The summed E-state index contributed by atoms with van der Waals surface area (Å²) in [4.78, 5) is 31.2. The first-order valence-electron chi connectivity index (χ1n) is 14.7. The highest BCUT2D eigenvalue weighted by molar-refractivity contribution is 6.00. The number of nitrogens with one attached hydrogen (secondary N) is 2. The number of benzene rings is 2. The van der Waals surface area contributed by atoms with E-state index in [4.69, 9.17) is 4.74 Å². The molecule has 2 amide bonds. The number of carbonyl (C=O) groups is 2. The van der Waals surface area contributed by atoms with Gasteiger partial charge in [-0.05, 0) is 86.1 Å². The van der Waals surface area contributed by atoms with Gasteiger partial charge in [0.15, 0.2) is 0 Å². The normalized spacial score (nSPS) is 23.4. The Labute approximate surface area is 259 Å². The molecule has 3 aliphatic rings. The Hall–Kier alpha value is -4.42. The molecule has 1 heterocycles. The predicted octanol–water partition coefficient (Wildman–Crippen LogP) is 7.66. The summed E-state index contributed by atoms with van der Waals surface area (Å²) in [6, 6.07) is 9.16. The fourth-order valence-electron chi connectivity index (χ4n) is 6.63. The first-order valence-corrected chi connectivity index (χ1v) is 14.7. The number of anilines is 1. The van der Waals surface area contributed by atoms with Crippen molar-refractivity contribution in [1.29, 1.82) is 0 Å². The number of methoxy groups -OCH3 is 1. The van der Waals surface area contributed by atoms with Crippen molar-refractivity contribution in [3.63, 3.8) is 0 Å². The monoisotopic (exact) mass is 647 g/mol. The molecule has 1 aromatic heterocycles. The maximum Gasteiger partial charge on any atom is 0.433 e. The van der Waals surface area contributed by atoms with Gasteiger partial charge in [-0.15, -0.1) is 0 Å². The Bertz CT molecular complexity index is 1720. The number of allylic oxidation sites excluding steroid dienone is 1. The molecule has 3 aliphatic carbocycles. The minimum Gasteiger partial charge on any atom is -0.496 e. The van der Waals surface area contributed by atoms with E-state index in [0.717, 1.165) is 30.5 Å². The summed E-state index contributed by atoms with van der Waals surface area (Å²) < 4.78 is 99.2. The fourth-order valence-corrected chi connectivity index (χ4v) is 6.63. The number of alkyl halides is 6. The Morgan fingerprint density at radius 2 is 1.65 bits per heavy atom. The minimum absolute atomic E-state index is 0.00206. The van der Waals surface area contributed by atoms with Crippen LogP contribution in [0.5, 0.6) is 5.75 Å². The molecule has 4 atom stereocenters. The van der Waals surface area contributed by atoms with E-state index in [0.29, 0.717) is 30.9 Å². The number of pyridine rings is 1. The van der Waals surface area contributed by atoms with Gasteiger partial charge in [0, 0.05) is 23.2 Å². The zero-order valence-electron chi connectivity index (χ0n) is 24.3. The number of amides is 2. The molecule has 2 aromatic carbocycles. The van der Waals surface area contributed by atoms with Crippen LogP contribution in [0.15, 0.2) is 66.2 Å². The van der Waals surface area contributed by atoms with Crippen LogP contribution in [0.3, 0.4) is 0 Å². The second-order valence-corrected chi connectivity index (χ2v) is 11.8. The van der Waals surface area contributed by atoms with Crippen molar-refractivity contribution in [3.05, 3.63) is 88.9 Å². The third kappa shape index (κ3) is 6.19. The molecule has 3 aromatic rings. The Morgan fingerprint density at radius 1 is 0.913 bits per heavy atom. The Kier molecular flexibility index (Phi) is 8.06. The number of hydrogen-bond acceptors (Lipinski definition) is 4. The largest absolute Gasteiger partial charge is 0.496 e. The standard InChI is InChI=1S/C33H28F7N3O3/c1-46-26-12-7-17(25-3-2-4-27(42-25)33(38,39)40)14-22(26)30(44)43-29-20-10-9-19(21(20)13-16-5-6-16)28(29)31(45)41-18-8-11-24(34)23(15-18)32(35,36)37/h2-4,7-8,11-16,19-20,28-29H,5-6,9-10H2,1H3,(H,41,45)(H,43,44)/b21-13-/t19?,20?,28-,29+/m0/s1. The average Bonchev–Trinajstić information content (AvgIpc) is 3.69. The highest BCUT2D eigenvalue weighted by Gasteiger charge is 2.55. The van der Waals surface area contributed by atoms with Gasteiger partial charge < -0.3 is 15.4 Å². The van der Waals surface area contributed by atoms with E-state index in [9.17, 15) is 40.3 Å². The van der Waals surface area contributed by atoms with Gasteiger partial charge in [0.05, 0.1) is 29.8 Å². The van der Waals surface area contributed by atoms with Crippen LogP contribution in [-0.4, -0.2) is 29.9 Å². The number of aromatic nitrogens is 1. The van der Waals surface area contributed by atoms with Gasteiger partial charge in [-0.2, -0.15) is 26.3 Å². The second-order valence-electron chi connectivity index (χ2n) is 11.8. The summed E-state index contributed by atoms with van der Waals surface area (Å²) in [6.45, 7) is 0. The summed E-state index contributed by atoms with van der Waals surface area (Å²) >= 11 is 0. The zero-order valence-corrected chi connectivity index (χ0v) is 24.3. The van der Waals surface area contributed by atoms with E-state index in [1.807, 2.05) is 0 Å². The molecule has 3 saturated carbocycles. The van der Waals surface area contributed by atoms with Gasteiger partial charge in [0.25, 0.3) is 5.91 Å². The van der Waals surface area contributed by atoms with Crippen LogP contribution in [0.1, 0.15) is 47.3 Å². The van der Waals surface area contributed by atoms with Crippen molar-refractivity contribution < 1.29 is 45.1 Å². The zero-order chi connectivity index (χ0) is 33.0. The lowest BCUT2D eigenvalue weighted by Crippen LogP contribution is -2.48. The summed E-state index contributed by atoms with van der Waals surface area (Å²) in [5.41, 5.74) is -1.61. The van der Waals surface area contributed by atoms with E-state index in [2.05, 4.69) is 21.7 Å². The molecule has 13 heteroatoms. The van der Waals surface area contributed by atoms with E-state index in [1.165, 1.54) is 37.4 Å². The van der Waals surface area contributed by atoms with E-state index < -0.39 is 53.2 Å². The number of carbonyl (C=O) groups excluding carboxylic acids is 2. The summed E-state index contributed by atoms with van der Waals surface area (Å²) in [5.74, 6) is -3.55. The van der Waals surface area contributed by atoms with Crippen LogP contribution in [0.2, 0.25) is 0 Å². The Balaban J connectivity index is 1.31. The molecule has 6 rings (SSSR count). The van der Waals surface area contributed by atoms with Crippen molar-refractivity contribution in [2.24, 2.45) is 23.7 Å². The molecule has 46 heavy (non-hydrogen) atoms. The van der Waals surface area contributed by atoms with Crippen LogP contribution in [0.25, 0.3) is 11.3 Å². The van der Waals surface area contributed by atoms with Crippen molar-refractivity contribution in [3.8, 4) is 17.0 Å². The highest BCUT2D eigenvalue weighted by atomic mass is 19.4. The van der Waals surface area contributed by atoms with Crippen LogP contribution < -0.4 is 15.4 Å². The smallest absolute Gasteiger partial charge is 0.433 e. The summed E-state index contributed by atoms with van der Waals surface area (Å²) in [5, 5.41) is 5.44. The summed E-state index contributed by atoms with van der Waals surface area (Å²) in [6.07, 6.45) is -4.18. The van der Waals surface area contributed by atoms with Gasteiger partial charge in [0.1, 0.15) is 17.3 Å². The van der Waals surface area contributed by atoms with Crippen LogP contribution in [0.4, 0.5) is 36.4 Å². The van der Waals surface area contributed by atoms with Gasteiger partial charge in [-0.3, -0.25) is 9.59 Å². The van der Waals surface area contributed by atoms with Crippen molar-refractivity contribution in [1.82, 2.24) is 10.3 Å². The molecule has 0 saturated heterocycles. The topological polar surface area (TPSA) is 80.3 Å². The minimum atomic E-state index is -4.97. The molecular weight excluding hydrogens is 619 g/mol. The molecule has 3 fully saturated rings. The molecule has 2 N–H and O–H groups in total. The van der Waals surface area contributed by atoms with Crippen LogP contribution in [-0.2, 0) is 17.1 Å². The molecular formula is C33H28F7N3O3. The van der Waals surface area contributed by atoms with Crippen LogP contribution in [0, 0.1) is 29.5 Å². The molecule has 242 valence electrons. The SMILES string of the molecule is COc1ccc(-c2cccc(C(F)(F)F)n2)cc1C(=O)N[C@@H]1C2CCC(/C2=C/C2CC2)[C@@H]1C(=O)Nc1ccc(F)c(C(F)(F)F)c1. The Morgan fingerprint density at radius 3 is 2.33 bits per heavy atom.